The molecule has 3 heteroatoms. The van der Waals surface area contributed by atoms with Crippen LogP contribution in [0.2, 0.25) is 0 Å². The van der Waals surface area contributed by atoms with E-state index >= 15 is 0 Å². The van der Waals surface area contributed by atoms with Gasteiger partial charge >= 0.3 is 0 Å². The van der Waals surface area contributed by atoms with Gasteiger partial charge in [-0.25, -0.2) is 0 Å². The topological polar surface area (TPSA) is 16.4 Å². The molecule has 0 unspecified atom stereocenters. The van der Waals surface area contributed by atoms with Crippen molar-refractivity contribution in [3.63, 3.8) is 0 Å². The summed E-state index contributed by atoms with van der Waals surface area (Å²) in [7, 11) is 0. The summed E-state index contributed by atoms with van der Waals surface area (Å²) in [6.07, 6.45) is 0. The van der Waals surface area contributed by atoms with Crippen molar-refractivity contribution in [2.45, 2.75) is 0 Å². The molecule has 10 aromatic carbocycles. The Kier molecular flexibility index (Phi) is 8.39. The molecule has 61 heavy (non-hydrogen) atoms. The molecule has 0 atom stereocenters. The van der Waals surface area contributed by atoms with Crippen molar-refractivity contribution >= 4 is 81.3 Å². The number of nitrogens with zero attached hydrogens (tertiary/aromatic N) is 1. The second-order valence-electron chi connectivity index (χ2n) is 15.7. The van der Waals surface area contributed by atoms with Gasteiger partial charge in [-0.3, -0.25) is 0 Å². The van der Waals surface area contributed by atoms with Gasteiger partial charge in [0, 0.05) is 42.5 Å². The van der Waals surface area contributed by atoms with Crippen LogP contribution in [0.5, 0.6) is 0 Å². The van der Waals surface area contributed by atoms with Crippen molar-refractivity contribution in [3.8, 4) is 44.5 Å². The Balaban J connectivity index is 1.07. The number of benzene rings is 10. The minimum atomic E-state index is 0.862. The number of fused-ring (bicyclic) bond motifs is 7. The predicted octanol–water partition coefficient (Wildman–Crippen LogP) is 17.2. The van der Waals surface area contributed by atoms with Crippen molar-refractivity contribution < 1.29 is 4.42 Å². The average molecular weight is 796 g/mol. The third-order valence-electron chi connectivity index (χ3n) is 12.1. The molecule has 0 aliphatic rings. The highest BCUT2D eigenvalue weighted by atomic mass is 32.1. The van der Waals surface area contributed by atoms with Gasteiger partial charge in [0.15, 0.2) is 0 Å². The predicted molar refractivity (Wildman–Crippen MR) is 261 cm³/mol. The first-order valence-corrected chi connectivity index (χ1v) is 21.5. The first-order valence-electron chi connectivity index (χ1n) is 20.7. The number of thiophene rings is 1. The molecule has 0 saturated heterocycles. The molecule has 2 nitrogen and oxygen atoms in total. The van der Waals surface area contributed by atoms with E-state index < -0.39 is 0 Å². The molecule has 2 aromatic heterocycles. The minimum Gasteiger partial charge on any atom is -0.455 e. The largest absolute Gasteiger partial charge is 0.455 e. The zero-order valence-corrected chi connectivity index (χ0v) is 33.9. The molecule has 0 saturated carbocycles. The lowest BCUT2D eigenvalue weighted by atomic mass is 9.98. The normalized spacial score (nSPS) is 11.6. The summed E-state index contributed by atoms with van der Waals surface area (Å²) < 4.78 is 9.56. The second-order valence-corrected chi connectivity index (χ2v) is 16.8. The van der Waals surface area contributed by atoms with Gasteiger partial charge in [-0.1, -0.05) is 158 Å². The summed E-state index contributed by atoms with van der Waals surface area (Å²) in [5.74, 6) is 0. The summed E-state index contributed by atoms with van der Waals surface area (Å²) in [6.45, 7) is 0. The summed E-state index contributed by atoms with van der Waals surface area (Å²) in [5, 5.41) is 7.15. The summed E-state index contributed by atoms with van der Waals surface area (Å²) in [5.41, 5.74) is 14.3. The maximum atomic E-state index is 7.01. The summed E-state index contributed by atoms with van der Waals surface area (Å²) in [6, 6.07) is 81.1. The van der Waals surface area contributed by atoms with Crippen molar-refractivity contribution in [1.29, 1.82) is 0 Å². The third-order valence-corrected chi connectivity index (χ3v) is 13.2. The minimum absolute atomic E-state index is 0.862. The Morgan fingerprint density at radius 3 is 1.66 bits per heavy atom. The lowest BCUT2D eigenvalue weighted by Gasteiger charge is -2.27. The van der Waals surface area contributed by atoms with Gasteiger partial charge in [-0.15, -0.1) is 11.3 Å². The fourth-order valence-corrected chi connectivity index (χ4v) is 10.1. The standard InChI is InChI=1S/C58H37NOS/c1-4-12-38(13-5-1)45-25-30-51-54(35-45)60-58-49(42-17-8-3-9-18-42)31-32-53(57(51)58)59(47-26-22-41(23-27-47)44-21-20-40-16-10-11-19-43(40)34-44)48-28-33-55-52(37-48)50-29-24-46(36-56(50)61-55)39-14-6-2-7-15-39/h1-37H. The molecule has 286 valence electrons. The highest BCUT2D eigenvalue weighted by molar-refractivity contribution is 7.25. The highest BCUT2D eigenvalue weighted by Crippen LogP contribution is 2.48. The molecule has 12 aromatic rings. The smallest absolute Gasteiger partial charge is 0.145 e. The number of rotatable bonds is 7. The first kappa shape index (κ1) is 35.2. The van der Waals surface area contributed by atoms with Crippen molar-refractivity contribution in [1.82, 2.24) is 0 Å². The quantitative estimate of drug-likeness (QED) is 0.160. The Morgan fingerprint density at radius 2 is 0.918 bits per heavy atom. The van der Waals surface area contributed by atoms with Crippen LogP contribution in [0.15, 0.2) is 229 Å². The summed E-state index contributed by atoms with van der Waals surface area (Å²) >= 11 is 1.85. The fourth-order valence-electron chi connectivity index (χ4n) is 9.02. The molecular formula is C58H37NOS. The van der Waals surface area contributed by atoms with E-state index in [1.54, 1.807) is 0 Å². The van der Waals surface area contributed by atoms with Crippen molar-refractivity contribution in [3.05, 3.63) is 224 Å². The number of hydrogen-bond acceptors (Lipinski definition) is 3. The van der Waals surface area contributed by atoms with Crippen LogP contribution in [0.3, 0.4) is 0 Å². The summed E-state index contributed by atoms with van der Waals surface area (Å²) in [4.78, 5) is 2.42. The zero-order valence-electron chi connectivity index (χ0n) is 33.1. The highest BCUT2D eigenvalue weighted by Gasteiger charge is 2.23. The third kappa shape index (κ3) is 6.18. The molecule has 12 rings (SSSR count). The molecule has 0 N–H and O–H groups in total. The first-order chi connectivity index (χ1) is 30.2. The zero-order chi connectivity index (χ0) is 40.3. The van der Waals surface area contributed by atoms with E-state index in [1.165, 1.54) is 53.2 Å². The van der Waals surface area contributed by atoms with Crippen LogP contribution < -0.4 is 4.90 Å². The SMILES string of the molecule is c1ccc(-c2ccc3c(c2)oc2c(-c4ccccc4)ccc(N(c4ccc(-c5ccc6ccccc6c5)cc4)c4ccc5sc6cc(-c7ccccc7)ccc6c5c4)c23)cc1. The molecule has 0 radical (unpaired) electrons. The van der Waals surface area contributed by atoms with E-state index in [1.807, 2.05) is 11.3 Å². The molecule has 0 aliphatic carbocycles. The van der Waals surface area contributed by atoms with Gasteiger partial charge in [0.25, 0.3) is 0 Å². The van der Waals surface area contributed by atoms with Gasteiger partial charge < -0.3 is 9.32 Å². The van der Waals surface area contributed by atoms with E-state index in [4.69, 9.17) is 4.42 Å². The molecular weight excluding hydrogens is 759 g/mol. The van der Waals surface area contributed by atoms with Gasteiger partial charge in [0.1, 0.15) is 11.2 Å². The Bertz CT molecular complexity index is 3570. The number of furan rings is 1. The van der Waals surface area contributed by atoms with E-state index in [0.29, 0.717) is 0 Å². The average Bonchev–Trinajstić information content (AvgIpc) is 3.90. The number of hydrogen-bond donors (Lipinski definition) is 0. The van der Waals surface area contributed by atoms with E-state index in [2.05, 4.69) is 229 Å². The maximum Gasteiger partial charge on any atom is 0.145 e. The van der Waals surface area contributed by atoms with Gasteiger partial charge in [0.05, 0.1) is 11.1 Å². The van der Waals surface area contributed by atoms with Gasteiger partial charge in [-0.05, 0) is 116 Å². The molecule has 0 spiro atoms. The van der Waals surface area contributed by atoms with Crippen LogP contribution in [0.25, 0.3) is 97.4 Å². The van der Waals surface area contributed by atoms with E-state index in [0.717, 1.165) is 61.3 Å². The lowest BCUT2D eigenvalue weighted by Crippen LogP contribution is -2.10. The second kappa shape index (κ2) is 14.5. The Hall–Kier alpha value is -7.72. The fraction of sp³-hybridized carbons (Fsp3) is 0. The molecule has 0 bridgehead atoms. The molecule has 0 aliphatic heterocycles. The van der Waals surface area contributed by atoms with Crippen molar-refractivity contribution in [2.24, 2.45) is 0 Å². The van der Waals surface area contributed by atoms with Gasteiger partial charge in [-0.2, -0.15) is 0 Å². The number of anilines is 3. The Labute approximate surface area is 357 Å². The van der Waals surface area contributed by atoms with Crippen LogP contribution in [0.1, 0.15) is 0 Å². The van der Waals surface area contributed by atoms with Gasteiger partial charge in [0.2, 0.25) is 0 Å². The van der Waals surface area contributed by atoms with Crippen molar-refractivity contribution in [2.75, 3.05) is 4.90 Å². The van der Waals surface area contributed by atoms with Crippen LogP contribution >= 0.6 is 11.3 Å². The van der Waals surface area contributed by atoms with Crippen LogP contribution in [-0.2, 0) is 0 Å². The Morgan fingerprint density at radius 1 is 0.344 bits per heavy atom. The molecule has 0 fully saturated rings. The maximum absolute atomic E-state index is 7.01. The lowest BCUT2D eigenvalue weighted by molar-refractivity contribution is 0.670. The monoisotopic (exact) mass is 795 g/mol. The van der Waals surface area contributed by atoms with Crippen LogP contribution in [0, 0.1) is 0 Å². The molecule has 2 heterocycles. The van der Waals surface area contributed by atoms with E-state index in [9.17, 15) is 0 Å². The van der Waals surface area contributed by atoms with Crippen LogP contribution in [-0.4, -0.2) is 0 Å². The molecule has 0 amide bonds. The van der Waals surface area contributed by atoms with E-state index in [-0.39, 0.29) is 0 Å². The van der Waals surface area contributed by atoms with Crippen LogP contribution in [0.4, 0.5) is 17.1 Å².